The molecule has 1 aromatic rings. The molecule has 1 N–H and O–H groups in total. The Bertz CT molecular complexity index is 944. The van der Waals surface area contributed by atoms with Crippen LogP contribution in [0.25, 0.3) is 0 Å². The Morgan fingerprint density at radius 1 is 1.07 bits per heavy atom. The van der Waals surface area contributed by atoms with Crippen LogP contribution in [0.5, 0.6) is 0 Å². The molecular weight excluding hydrogens is 372 g/mol. The summed E-state index contributed by atoms with van der Waals surface area (Å²) in [6.07, 6.45) is 11.8. The Labute approximate surface area is 179 Å². The van der Waals surface area contributed by atoms with E-state index >= 15 is 0 Å². The van der Waals surface area contributed by atoms with Crippen LogP contribution in [0.2, 0.25) is 0 Å². The molecule has 3 saturated carbocycles. The maximum absolute atomic E-state index is 13.0. The van der Waals surface area contributed by atoms with Crippen LogP contribution in [-0.4, -0.2) is 22.3 Å². The molecule has 5 unspecified atom stereocenters. The zero-order chi connectivity index (χ0) is 21.1. The SMILES string of the molecule is CC12C=CC(=O)C=C1CCC1C2CCC2(C)C1CC[C@@]2(O)CC(=O)c1ccccc1. The number of Topliss-reactive ketones (excluding diaryl/α,β-unsaturated/α-hetero) is 1. The summed E-state index contributed by atoms with van der Waals surface area (Å²) in [4.78, 5) is 24.9. The van der Waals surface area contributed by atoms with Gasteiger partial charge in [0.1, 0.15) is 0 Å². The van der Waals surface area contributed by atoms with Crippen LogP contribution in [-0.2, 0) is 4.79 Å². The van der Waals surface area contributed by atoms with Crippen molar-refractivity contribution in [2.75, 3.05) is 0 Å². The summed E-state index contributed by atoms with van der Waals surface area (Å²) < 4.78 is 0. The van der Waals surface area contributed by atoms with Gasteiger partial charge in [-0.15, -0.1) is 0 Å². The molecule has 4 aliphatic rings. The minimum absolute atomic E-state index is 0.0290. The van der Waals surface area contributed by atoms with Crippen molar-refractivity contribution < 1.29 is 14.7 Å². The van der Waals surface area contributed by atoms with Crippen LogP contribution in [0, 0.1) is 28.6 Å². The second-order valence-corrected chi connectivity index (χ2v) is 10.6. The van der Waals surface area contributed by atoms with Crippen molar-refractivity contribution in [2.24, 2.45) is 28.6 Å². The topological polar surface area (TPSA) is 54.4 Å². The van der Waals surface area contributed by atoms with E-state index in [0.717, 1.165) is 32.1 Å². The Morgan fingerprint density at radius 2 is 1.80 bits per heavy atom. The Hall–Kier alpha value is -2.00. The molecule has 0 radical (unpaired) electrons. The number of hydrogen-bond acceptors (Lipinski definition) is 3. The molecule has 5 rings (SSSR count). The van der Waals surface area contributed by atoms with Crippen LogP contribution in [0.1, 0.15) is 69.2 Å². The molecule has 158 valence electrons. The lowest BCUT2D eigenvalue weighted by Crippen LogP contribution is -2.54. The Balaban J connectivity index is 1.42. The number of benzene rings is 1. The average molecular weight is 405 g/mol. The number of hydrogen-bond donors (Lipinski definition) is 1. The summed E-state index contributed by atoms with van der Waals surface area (Å²) in [6, 6.07) is 9.39. The predicted octanol–water partition coefficient (Wildman–Crippen LogP) is 5.30. The van der Waals surface area contributed by atoms with E-state index in [0.29, 0.717) is 29.7 Å². The van der Waals surface area contributed by atoms with Crippen molar-refractivity contribution in [3.05, 3.63) is 59.7 Å². The molecular formula is C27H32O3. The molecule has 0 amide bonds. The third kappa shape index (κ3) is 2.74. The lowest BCUT2D eigenvalue weighted by Gasteiger charge is -2.58. The van der Waals surface area contributed by atoms with Crippen molar-refractivity contribution in [3.63, 3.8) is 0 Å². The van der Waals surface area contributed by atoms with Gasteiger partial charge in [0.05, 0.1) is 5.60 Å². The second-order valence-electron chi connectivity index (χ2n) is 10.6. The maximum atomic E-state index is 13.0. The number of carbonyl (C=O) groups is 2. The third-order valence-electron chi connectivity index (χ3n) is 9.43. The van der Waals surface area contributed by atoms with Gasteiger partial charge in [-0.3, -0.25) is 9.59 Å². The number of allylic oxidation sites excluding steroid dienone is 4. The van der Waals surface area contributed by atoms with Crippen LogP contribution in [0.3, 0.4) is 0 Å². The summed E-state index contributed by atoms with van der Waals surface area (Å²) in [7, 11) is 0. The van der Waals surface area contributed by atoms with Gasteiger partial charge in [0.15, 0.2) is 11.6 Å². The van der Waals surface area contributed by atoms with Crippen molar-refractivity contribution in [1.29, 1.82) is 0 Å². The standard InChI is InChI=1S/C27H32O3/c1-25-13-10-20(28)16-19(25)8-9-21-22(25)11-14-26(2)23(21)12-15-27(26,30)17-24(29)18-6-4-3-5-7-18/h3-7,10,13,16,21-23,30H,8-9,11-12,14-15,17H2,1-2H3/t21?,22?,23?,25?,26?,27-/m1/s1. The van der Waals surface area contributed by atoms with Gasteiger partial charge < -0.3 is 5.11 Å². The number of aliphatic hydroxyl groups is 1. The second kappa shape index (κ2) is 6.75. The summed E-state index contributed by atoms with van der Waals surface area (Å²) in [5.74, 6) is 1.68. The smallest absolute Gasteiger partial charge is 0.178 e. The fourth-order valence-electron chi connectivity index (χ4n) is 7.59. The summed E-state index contributed by atoms with van der Waals surface area (Å²) in [5.41, 5.74) is 0.824. The molecule has 3 nitrogen and oxygen atoms in total. The van der Waals surface area contributed by atoms with E-state index < -0.39 is 5.60 Å². The van der Waals surface area contributed by atoms with E-state index in [1.165, 1.54) is 5.57 Å². The zero-order valence-electron chi connectivity index (χ0n) is 18.1. The quantitative estimate of drug-likeness (QED) is 0.696. The maximum Gasteiger partial charge on any atom is 0.178 e. The Morgan fingerprint density at radius 3 is 2.57 bits per heavy atom. The van der Waals surface area contributed by atoms with Gasteiger partial charge in [0.25, 0.3) is 0 Å². The molecule has 0 bridgehead atoms. The van der Waals surface area contributed by atoms with E-state index in [1.54, 1.807) is 6.08 Å². The van der Waals surface area contributed by atoms with E-state index in [-0.39, 0.29) is 28.8 Å². The van der Waals surface area contributed by atoms with E-state index in [9.17, 15) is 14.7 Å². The fraction of sp³-hybridized carbons (Fsp3) is 0.556. The molecule has 0 heterocycles. The van der Waals surface area contributed by atoms with E-state index in [2.05, 4.69) is 19.9 Å². The van der Waals surface area contributed by atoms with Crippen LogP contribution in [0.4, 0.5) is 0 Å². The minimum Gasteiger partial charge on any atom is -0.389 e. The van der Waals surface area contributed by atoms with Gasteiger partial charge in [-0.05, 0) is 73.8 Å². The first-order chi connectivity index (χ1) is 14.3. The van der Waals surface area contributed by atoms with Gasteiger partial charge in [-0.2, -0.15) is 0 Å². The summed E-state index contributed by atoms with van der Waals surface area (Å²) in [5, 5.41) is 11.8. The molecule has 0 spiro atoms. The van der Waals surface area contributed by atoms with E-state index in [1.807, 2.05) is 36.4 Å². The summed E-state index contributed by atoms with van der Waals surface area (Å²) >= 11 is 0. The van der Waals surface area contributed by atoms with Crippen LogP contribution < -0.4 is 0 Å². The monoisotopic (exact) mass is 404 g/mol. The fourth-order valence-corrected chi connectivity index (χ4v) is 7.59. The van der Waals surface area contributed by atoms with Gasteiger partial charge in [-0.1, -0.05) is 55.8 Å². The molecule has 0 saturated heterocycles. The highest BCUT2D eigenvalue weighted by Gasteiger charge is 2.63. The average Bonchev–Trinajstić information content (AvgIpc) is 3.00. The highest BCUT2D eigenvalue weighted by Crippen LogP contribution is 2.67. The Kier molecular flexibility index (Phi) is 4.49. The molecule has 6 atom stereocenters. The predicted molar refractivity (Wildman–Crippen MR) is 117 cm³/mol. The largest absolute Gasteiger partial charge is 0.389 e. The van der Waals surface area contributed by atoms with Crippen LogP contribution in [0.15, 0.2) is 54.1 Å². The lowest BCUT2D eigenvalue weighted by molar-refractivity contribution is -0.120. The molecule has 3 fully saturated rings. The molecule has 3 heteroatoms. The number of fused-ring (bicyclic) bond motifs is 5. The summed E-state index contributed by atoms with van der Waals surface area (Å²) in [6.45, 7) is 4.55. The highest BCUT2D eigenvalue weighted by atomic mass is 16.3. The van der Waals surface area contributed by atoms with Gasteiger partial charge in [-0.25, -0.2) is 0 Å². The van der Waals surface area contributed by atoms with Crippen molar-refractivity contribution >= 4 is 11.6 Å². The first-order valence-electron chi connectivity index (χ1n) is 11.5. The zero-order valence-corrected chi connectivity index (χ0v) is 18.1. The normalized spacial score (nSPS) is 42.2. The van der Waals surface area contributed by atoms with Gasteiger partial charge in [0, 0.05) is 17.4 Å². The first kappa shape index (κ1) is 19.9. The van der Waals surface area contributed by atoms with Crippen molar-refractivity contribution in [1.82, 2.24) is 0 Å². The lowest BCUT2D eigenvalue weighted by atomic mass is 9.47. The van der Waals surface area contributed by atoms with E-state index in [4.69, 9.17) is 0 Å². The number of carbonyl (C=O) groups excluding carboxylic acids is 2. The molecule has 0 aliphatic heterocycles. The third-order valence-corrected chi connectivity index (χ3v) is 9.43. The minimum atomic E-state index is -0.926. The van der Waals surface area contributed by atoms with Crippen molar-refractivity contribution in [2.45, 2.75) is 64.4 Å². The number of rotatable bonds is 3. The number of ketones is 2. The van der Waals surface area contributed by atoms with Gasteiger partial charge in [0.2, 0.25) is 0 Å². The molecule has 1 aromatic carbocycles. The molecule has 30 heavy (non-hydrogen) atoms. The van der Waals surface area contributed by atoms with Gasteiger partial charge >= 0.3 is 0 Å². The molecule has 0 aromatic heterocycles. The van der Waals surface area contributed by atoms with Crippen LogP contribution >= 0.6 is 0 Å². The highest BCUT2D eigenvalue weighted by molar-refractivity contribution is 6.01. The first-order valence-corrected chi connectivity index (χ1v) is 11.5. The van der Waals surface area contributed by atoms with Crippen molar-refractivity contribution in [3.8, 4) is 0 Å². The molecule has 4 aliphatic carbocycles.